The summed E-state index contributed by atoms with van der Waals surface area (Å²) in [4.78, 5) is 0. The quantitative estimate of drug-likeness (QED) is 0.824. The number of halogens is 2. The topological polar surface area (TPSA) is 59.0 Å². The van der Waals surface area contributed by atoms with E-state index >= 15 is 0 Å². The van der Waals surface area contributed by atoms with E-state index in [1.54, 1.807) is 31.4 Å². The number of ether oxygens (including phenoxy) is 1. The molecule has 2 aromatic carbocycles. The molecule has 0 heterocycles. The van der Waals surface area contributed by atoms with Crippen molar-refractivity contribution in [2.45, 2.75) is 0 Å². The third-order valence-corrected chi connectivity index (χ3v) is 2.60. The number of nitrogens with zero attached hydrogens (tertiary/aromatic N) is 1. The Bertz CT molecular complexity index is 715. The Hall–Kier alpha value is -2.89. The second-order valence-electron chi connectivity index (χ2n) is 3.91. The van der Waals surface area contributed by atoms with Gasteiger partial charge in [0.15, 0.2) is 0 Å². The minimum absolute atomic E-state index is 0.176. The molecule has 112 valence electrons. The van der Waals surface area contributed by atoms with Gasteiger partial charge in [-0.15, -0.1) is 0 Å². The maximum atomic E-state index is 13.4. The largest absolute Gasteiger partial charge is 0.497 e. The zero-order valence-electron chi connectivity index (χ0n) is 12.2. The predicted molar refractivity (Wildman–Crippen MR) is 80.2 cm³/mol. The van der Waals surface area contributed by atoms with Crippen LogP contribution in [-0.4, -0.2) is 14.2 Å². The lowest BCUT2D eigenvalue weighted by molar-refractivity contribution is 0.415. The van der Waals surface area contributed by atoms with Crippen LogP contribution in [0, 0.1) is 34.8 Å². The molecule has 0 saturated carbocycles. The summed E-state index contributed by atoms with van der Waals surface area (Å²) in [5.41, 5.74) is 4.77. The van der Waals surface area contributed by atoms with Crippen LogP contribution >= 0.6 is 0 Å². The summed E-state index contributed by atoms with van der Waals surface area (Å²) in [6, 6.07) is 10.5. The highest BCUT2D eigenvalue weighted by atomic mass is 19.1. The molecule has 0 aromatic heterocycles. The van der Waals surface area contributed by atoms with Crippen molar-refractivity contribution in [2.24, 2.45) is 5.73 Å². The van der Waals surface area contributed by atoms with Crippen LogP contribution in [0.25, 0.3) is 0 Å². The number of hydrogen-bond donors (Lipinski definition) is 1. The fourth-order valence-corrected chi connectivity index (χ4v) is 1.57. The third kappa shape index (κ3) is 4.31. The Morgan fingerprint density at radius 2 is 1.45 bits per heavy atom. The minimum Gasteiger partial charge on any atom is -0.497 e. The van der Waals surface area contributed by atoms with E-state index in [1.807, 2.05) is 0 Å². The second-order valence-corrected chi connectivity index (χ2v) is 3.91. The van der Waals surface area contributed by atoms with Gasteiger partial charge in [0.2, 0.25) is 0 Å². The zero-order valence-corrected chi connectivity index (χ0v) is 12.2. The first kappa shape index (κ1) is 17.2. The number of hydrogen-bond acceptors (Lipinski definition) is 3. The maximum Gasteiger partial charge on any atom is 0.145 e. The van der Waals surface area contributed by atoms with E-state index in [2.05, 4.69) is 17.6 Å². The van der Waals surface area contributed by atoms with E-state index in [4.69, 9.17) is 10.00 Å². The summed E-state index contributed by atoms with van der Waals surface area (Å²) in [6.07, 6.45) is 0. The Kier molecular flexibility index (Phi) is 6.56. The van der Waals surface area contributed by atoms with Crippen LogP contribution in [0.1, 0.15) is 16.7 Å². The molecule has 0 saturated heterocycles. The Morgan fingerprint density at radius 1 is 0.955 bits per heavy atom. The first-order chi connectivity index (χ1) is 10.6. The Balaban J connectivity index is 0.00000116. The van der Waals surface area contributed by atoms with Crippen LogP contribution in [-0.2, 0) is 0 Å². The molecule has 0 aliphatic heterocycles. The van der Waals surface area contributed by atoms with Gasteiger partial charge in [0.25, 0.3) is 0 Å². The highest BCUT2D eigenvalue weighted by Crippen LogP contribution is 2.14. The molecule has 5 heteroatoms. The van der Waals surface area contributed by atoms with Crippen molar-refractivity contribution in [2.75, 3.05) is 14.2 Å². The fraction of sp³-hybridized carbons (Fsp3) is 0.118. The highest BCUT2D eigenvalue weighted by molar-refractivity contribution is 5.46. The smallest absolute Gasteiger partial charge is 0.145 e. The lowest BCUT2D eigenvalue weighted by Gasteiger charge is -1.98. The van der Waals surface area contributed by atoms with Crippen molar-refractivity contribution in [3.8, 4) is 23.7 Å². The summed E-state index contributed by atoms with van der Waals surface area (Å²) in [6.45, 7) is 0. The van der Waals surface area contributed by atoms with E-state index in [9.17, 15) is 8.78 Å². The molecule has 0 aliphatic carbocycles. The summed E-state index contributed by atoms with van der Waals surface area (Å²) in [5.74, 6) is 4.31. The summed E-state index contributed by atoms with van der Waals surface area (Å²) in [5, 5.41) is 8.57. The average Bonchev–Trinajstić information content (AvgIpc) is 2.55. The van der Waals surface area contributed by atoms with Crippen molar-refractivity contribution in [1.82, 2.24) is 0 Å². The summed E-state index contributed by atoms with van der Waals surface area (Å²) < 4.78 is 31.8. The number of benzene rings is 2. The van der Waals surface area contributed by atoms with Crippen molar-refractivity contribution in [3.63, 3.8) is 0 Å². The molecule has 0 atom stereocenters. The van der Waals surface area contributed by atoms with E-state index in [1.165, 1.54) is 13.1 Å². The molecule has 0 unspecified atom stereocenters. The van der Waals surface area contributed by atoms with Gasteiger partial charge in [-0.3, -0.25) is 0 Å². The van der Waals surface area contributed by atoms with E-state index in [0.29, 0.717) is 11.3 Å². The van der Waals surface area contributed by atoms with Gasteiger partial charge in [0, 0.05) is 11.1 Å². The van der Waals surface area contributed by atoms with E-state index in [0.717, 1.165) is 12.1 Å². The number of rotatable bonds is 1. The molecule has 0 fully saturated rings. The molecule has 3 nitrogen and oxygen atoms in total. The molecule has 0 amide bonds. The second kappa shape index (κ2) is 8.41. The number of methoxy groups -OCH3 is 1. The molecule has 22 heavy (non-hydrogen) atoms. The van der Waals surface area contributed by atoms with Crippen LogP contribution < -0.4 is 10.5 Å². The van der Waals surface area contributed by atoms with Crippen LogP contribution in [0.15, 0.2) is 36.4 Å². The SMILES string of the molecule is CN.COc1ccc(C#Cc2cc(F)c(C#N)c(F)c2)cc1. The van der Waals surface area contributed by atoms with Gasteiger partial charge in [-0.1, -0.05) is 11.8 Å². The zero-order chi connectivity index (χ0) is 16.5. The van der Waals surface area contributed by atoms with Gasteiger partial charge >= 0.3 is 0 Å². The standard InChI is InChI=1S/C16H9F2NO.CH5N/c1-20-13-6-4-11(5-7-13)2-3-12-8-15(17)14(10-19)16(18)9-12;1-2/h4-9H,1H3;2H2,1H3. The van der Waals surface area contributed by atoms with Gasteiger partial charge < -0.3 is 10.5 Å². The molecule has 0 aliphatic rings. The first-order valence-corrected chi connectivity index (χ1v) is 6.27. The Labute approximate surface area is 127 Å². The van der Waals surface area contributed by atoms with Gasteiger partial charge in [0.1, 0.15) is 29.0 Å². The van der Waals surface area contributed by atoms with Crippen molar-refractivity contribution in [1.29, 1.82) is 5.26 Å². The van der Waals surface area contributed by atoms with Crippen LogP contribution in [0.5, 0.6) is 5.75 Å². The normalized spacial score (nSPS) is 8.73. The first-order valence-electron chi connectivity index (χ1n) is 6.27. The maximum absolute atomic E-state index is 13.4. The number of nitriles is 1. The van der Waals surface area contributed by atoms with Gasteiger partial charge in [-0.25, -0.2) is 8.78 Å². The molecule has 0 bridgehead atoms. The van der Waals surface area contributed by atoms with Gasteiger partial charge in [0.05, 0.1) is 7.11 Å². The third-order valence-electron chi connectivity index (χ3n) is 2.60. The van der Waals surface area contributed by atoms with Crippen LogP contribution in [0.2, 0.25) is 0 Å². The number of nitrogens with two attached hydrogens (primary N) is 1. The summed E-state index contributed by atoms with van der Waals surface area (Å²) >= 11 is 0. The molecule has 2 rings (SSSR count). The predicted octanol–water partition coefficient (Wildman–Crippen LogP) is 2.82. The van der Waals surface area contributed by atoms with E-state index < -0.39 is 17.2 Å². The van der Waals surface area contributed by atoms with Crippen molar-refractivity contribution in [3.05, 3.63) is 64.7 Å². The lowest BCUT2D eigenvalue weighted by atomic mass is 10.1. The molecular weight excluding hydrogens is 286 g/mol. The van der Waals surface area contributed by atoms with Crippen molar-refractivity contribution >= 4 is 0 Å². The Morgan fingerprint density at radius 3 is 1.91 bits per heavy atom. The van der Waals surface area contributed by atoms with E-state index in [-0.39, 0.29) is 5.56 Å². The lowest BCUT2D eigenvalue weighted by Crippen LogP contribution is -1.91. The van der Waals surface area contributed by atoms with Gasteiger partial charge in [-0.05, 0) is 43.4 Å². The molecule has 0 radical (unpaired) electrons. The molecule has 2 N–H and O–H groups in total. The highest BCUT2D eigenvalue weighted by Gasteiger charge is 2.09. The summed E-state index contributed by atoms with van der Waals surface area (Å²) in [7, 11) is 3.06. The average molecular weight is 300 g/mol. The fourth-order valence-electron chi connectivity index (χ4n) is 1.57. The minimum atomic E-state index is -0.911. The van der Waals surface area contributed by atoms with Crippen LogP contribution in [0.4, 0.5) is 8.78 Å². The van der Waals surface area contributed by atoms with Crippen molar-refractivity contribution < 1.29 is 13.5 Å². The molecule has 0 spiro atoms. The van der Waals surface area contributed by atoms with Crippen LogP contribution in [0.3, 0.4) is 0 Å². The molecular formula is C17H14F2N2O. The monoisotopic (exact) mass is 300 g/mol. The molecule has 2 aromatic rings. The van der Waals surface area contributed by atoms with Gasteiger partial charge in [-0.2, -0.15) is 5.26 Å².